The lowest BCUT2D eigenvalue weighted by molar-refractivity contribution is 0.477. The van der Waals surface area contributed by atoms with E-state index in [9.17, 15) is 10.2 Å². The van der Waals surface area contributed by atoms with E-state index in [0.29, 0.717) is 0 Å². The predicted octanol–water partition coefficient (Wildman–Crippen LogP) is 14.6. The van der Waals surface area contributed by atoms with E-state index in [2.05, 4.69) is 150 Å². The zero-order valence-corrected chi connectivity index (χ0v) is 31.2. The van der Waals surface area contributed by atoms with Crippen LogP contribution in [0, 0.1) is 0 Å². The van der Waals surface area contributed by atoms with E-state index in [1.165, 1.54) is 16.7 Å². The van der Waals surface area contributed by atoms with Crippen molar-refractivity contribution in [2.45, 2.75) is 0 Å². The Hall–Kier alpha value is -7.62. The Kier molecular flexibility index (Phi) is 9.62. The number of hydrogen-bond donors (Lipinski definition) is 2. The van der Waals surface area contributed by atoms with Crippen molar-refractivity contribution >= 4 is 17.1 Å². The van der Waals surface area contributed by atoms with Gasteiger partial charge in [0.2, 0.25) is 0 Å². The summed E-state index contributed by atoms with van der Waals surface area (Å²) < 4.78 is 0. The third-order valence-electron chi connectivity index (χ3n) is 10.5. The highest BCUT2D eigenvalue weighted by Crippen LogP contribution is 2.39. The van der Waals surface area contributed by atoms with Gasteiger partial charge in [-0.15, -0.1) is 0 Å². The summed E-state index contributed by atoms with van der Waals surface area (Å²) in [5.41, 5.74) is 15.7. The number of hydrogen-bond acceptors (Lipinski definition) is 3. The number of anilines is 3. The largest absolute Gasteiger partial charge is 0.507 e. The number of phenolic OH excluding ortho intramolecular Hbond substituents is 2. The van der Waals surface area contributed by atoms with Crippen LogP contribution in [0.4, 0.5) is 17.1 Å². The molecule has 57 heavy (non-hydrogen) atoms. The van der Waals surface area contributed by atoms with Gasteiger partial charge in [-0.3, -0.25) is 0 Å². The lowest BCUT2D eigenvalue weighted by atomic mass is 9.97. The average molecular weight is 734 g/mol. The van der Waals surface area contributed by atoms with Crippen LogP contribution in [0.5, 0.6) is 11.5 Å². The maximum absolute atomic E-state index is 10.5. The van der Waals surface area contributed by atoms with Crippen LogP contribution in [0.15, 0.2) is 224 Å². The van der Waals surface area contributed by atoms with Gasteiger partial charge >= 0.3 is 0 Å². The van der Waals surface area contributed by atoms with E-state index < -0.39 is 0 Å². The lowest BCUT2D eigenvalue weighted by Gasteiger charge is -2.26. The summed E-state index contributed by atoms with van der Waals surface area (Å²) in [6, 6.07) is 76.8. The van der Waals surface area contributed by atoms with Gasteiger partial charge in [0, 0.05) is 28.2 Å². The molecule has 9 rings (SSSR count). The van der Waals surface area contributed by atoms with Gasteiger partial charge < -0.3 is 15.1 Å². The second-order valence-corrected chi connectivity index (χ2v) is 14.1. The van der Waals surface area contributed by atoms with Crippen molar-refractivity contribution in [3.63, 3.8) is 0 Å². The first-order valence-electron chi connectivity index (χ1n) is 19.1. The molecule has 0 unspecified atom stereocenters. The van der Waals surface area contributed by atoms with Gasteiger partial charge in [0.1, 0.15) is 11.5 Å². The molecule has 0 saturated heterocycles. The fourth-order valence-corrected chi connectivity index (χ4v) is 7.51. The Labute approximate surface area is 333 Å². The molecule has 3 nitrogen and oxygen atoms in total. The SMILES string of the molecule is Oc1ccccc1-c1cccc(-c2ccc(N(c3ccc(-c4ccc(-c5ccccc5)cc4)cc3)c3ccc(-c4cccc(-c5ccccc5O)c4)cc3)cc2)c1. The Balaban J connectivity index is 1.05. The minimum atomic E-state index is 0.269. The molecule has 272 valence electrons. The summed E-state index contributed by atoms with van der Waals surface area (Å²) >= 11 is 0. The zero-order chi connectivity index (χ0) is 38.6. The minimum Gasteiger partial charge on any atom is -0.507 e. The van der Waals surface area contributed by atoms with E-state index in [1.807, 2.05) is 66.7 Å². The summed E-state index contributed by atoms with van der Waals surface area (Å²) in [7, 11) is 0. The van der Waals surface area contributed by atoms with E-state index in [-0.39, 0.29) is 11.5 Å². The Morgan fingerprint density at radius 1 is 0.228 bits per heavy atom. The lowest BCUT2D eigenvalue weighted by Crippen LogP contribution is -2.09. The normalized spacial score (nSPS) is 10.9. The van der Waals surface area contributed by atoms with Gasteiger partial charge in [-0.05, 0) is 116 Å². The van der Waals surface area contributed by atoms with Crippen molar-refractivity contribution in [1.29, 1.82) is 0 Å². The first-order valence-corrected chi connectivity index (χ1v) is 19.1. The number of aromatic hydroxyl groups is 2. The number of nitrogens with zero attached hydrogens (tertiary/aromatic N) is 1. The maximum Gasteiger partial charge on any atom is 0.123 e. The van der Waals surface area contributed by atoms with Crippen molar-refractivity contribution in [3.05, 3.63) is 224 Å². The third-order valence-corrected chi connectivity index (χ3v) is 10.5. The summed E-state index contributed by atoms with van der Waals surface area (Å²) in [5, 5.41) is 21.0. The van der Waals surface area contributed by atoms with Crippen molar-refractivity contribution in [1.82, 2.24) is 0 Å². The molecule has 0 aliphatic heterocycles. The molecule has 0 bridgehead atoms. The average Bonchev–Trinajstić information content (AvgIpc) is 3.28. The van der Waals surface area contributed by atoms with Gasteiger partial charge in [0.15, 0.2) is 0 Å². The van der Waals surface area contributed by atoms with Gasteiger partial charge in [0.25, 0.3) is 0 Å². The monoisotopic (exact) mass is 733 g/mol. The van der Waals surface area contributed by atoms with Crippen LogP contribution in [-0.4, -0.2) is 10.2 Å². The second-order valence-electron chi connectivity index (χ2n) is 14.1. The van der Waals surface area contributed by atoms with Crippen molar-refractivity contribution in [3.8, 4) is 78.3 Å². The molecular formula is C54H39NO2. The minimum absolute atomic E-state index is 0.269. The quantitative estimate of drug-likeness (QED) is 0.155. The molecule has 0 heterocycles. The van der Waals surface area contributed by atoms with E-state index in [0.717, 1.165) is 67.1 Å². The van der Waals surface area contributed by atoms with Crippen molar-refractivity contribution in [2.24, 2.45) is 0 Å². The van der Waals surface area contributed by atoms with Crippen LogP contribution in [0.2, 0.25) is 0 Å². The van der Waals surface area contributed by atoms with Crippen LogP contribution in [0.25, 0.3) is 66.8 Å². The van der Waals surface area contributed by atoms with Crippen LogP contribution >= 0.6 is 0 Å². The Morgan fingerprint density at radius 3 is 0.895 bits per heavy atom. The summed E-state index contributed by atoms with van der Waals surface area (Å²) in [5.74, 6) is 0.537. The fraction of sp³-hybridized carbons (Fsp3) is 0. The van der Waals surface area contributed by atoms with Crippen LogP contribution < -0.4 is 4.90 Å². The maximum atomic E-state index is 10.5. The molecule has 3 heteroatoms. The molecule has 2 N–H and O–H groups in total. The number of phenols is 2. The highest BCUT2D eigenvalue weighted by Gasteiger charge is 2.15. The number of benzene rings is 9. The van der Waals surface area contributed by atoms with E-state index in [4.69, 9.17) is 0 Å². The summed E-state index contributed by atoms with van der Waals surface area (Å²) in [6.45, 7) is 0. The third kappa shape index (κ3) is 7.43. The Morgan fingerprint density at radius 2 is 0.509 bits per heavy atom. The van der Waals surface area contributed by atoms with Gasteiger partial charge in [-0.2, -0.15) is 0 Å². The first kappa shape index (κ1) is 35.1. The molecule has 0 amide bonds. The molecule has 0 radical (unpaired) electrons. The van der Waals surface area contributed by atoms with E-state index in [1.54, 1.807) is 12.1 Å². The molecule has 0 atom stereocenters. The molecule has 9 aromatic rings. The molecule has 0 saturated carbocycles. The fourth-order valence-electron chi connectivity index (χ4n) is 7.51. The number of para-hydroxylation sites is 2. The molecule has 0 aromatic heterocycles. The molecule has 9 aromatic carbocycles. The van der Waals surface area contributed by atoms with Crippen molar-refractivity contribution in [2.75, 3.05) is 4.90 Å². The Bertz CT molecular complexity index is 2640. The van der Waals surface area contributed by atoms with E-state index >= 15 is 0 Å². The molecule has 0 fully saturated rings. The zero-order valence-electron chi connectivity index (χ0n) is 31.2. The predicted molar refractivity (Wildman–Crippen MR) is 237 cm³/mol. The molecule has 0 aliphatic rings. The van der Waals surface area contributed by atoms with Gasteiger partial charge in [0.05, 0.1) is 0 Å². The standard InChI is InChI=1S/C54H39NO2/c56-53-18-6-4-16-51(53)46-14-8-12-44(36-46)42-26-32-49(33-27-42)55(48-30-24-41(25-31-48)40-22-20-39(21-23-40)38-10-2-1-3-11-38)50-34-28-43(29-35-50)45-13-9-15-47(37-45)52-17-5-7-19-54(52)57/h1-37,56-57H. The molecule has 0 aliphatic carbocycles. The topological polar surface area (TPSA) is 43.7 Å². The van der Waals surface area contributed by atoms with Gasteiger partial charge in [-0.25, -0.2) is 0 Å². The molecule has 0 spiro atoms. The summed E-state index contributed by atoms with van der Waals surface area (Å²) in [4.78, 5) is 2.28. The van der Waals surface area contributed by atoms with Crippen molar-refractivity contribution < 1.29 is 10.2 Å². The summed E-state index contributed by atoms with van der Waals surface area (Å²) in [6.07, 6.45) is 0. The smallest absolute Gasteiger partial charge is 0.123 e. The van der Waals surface area contributed by atoms with Gasteiger partial charge in [-0.1, -0.05) is 164 Å². The van der Waals surface area contributed by atoms with Crippen LogP contribution in [0.3, 0.4) is 0 Å². The highest BCUT2D eigenvalue weighted by molar-refractivity contribution is 5.83. The molecular weight excluding hydrogens is 695 g/mol. The second kappa shape index (κ2) is 15.6. The van der Waals surface area contributed by atoms with Crippen LogP contribution in [0.1, 0.15) is 0 Å². The highest BCUT2D eigenvalue weighted by atomic mass is 16.3. The van der Waals surface area contributed by atoms with Crippen LogP contribution in [-0.2, 0) is 0 Å². The first-order chi connectivity index (χ1) is 28.1. The number of rotatable bonds is 9.